The van der Waals surface area contributed by atoms with Crippen LogP contribution in [0.15, 0.2) is 11.6 Å². The second-order valence-corrected chi connectivity index (χ2v) is 4.96. The van der Waals surface area contributed by atoms with Crippen LogP contribution in [-0.4, -0.2) is 41.1 Å². The zero-order chi connectivity index (χ0) is 13.2. The maximum absolute atomic E-state index is 12.3. The molecule has 1 atom stereocenters. The first-order chi connectivity index (χ1) is 8.46. The van der Waals surface area contributed by atoms with Crippen LogP contribution in [0.5, 0.6) is 0 Å². The van der Waals surface area contributed by atoms with Gasteiger partial charge in [0.2, 0.25) is 5.91 Å². The molecule has 2 heterocycles. The highest BCUT2D eigenvalue weighted by Gasteiger charge is 2.38. The summed E-state index contributed by atoms with van der Waals surface area (Å²) in [4.78, 5) is 16.9. The second-order valence-electron chi connectivity index (χ2n) is 4.07. The number of anilines is 1. The van der Waals surface area contributed by atoms with Crippen molar-refractivity contribution in [1.29, 1.82) is 0 Å². The Morgan fingerprint density at radius 3 is 3.00 bits per heavy atom. The highest BCUT2D eigenvalue weighted by Crippen LogP contribution is 2.25. The van der Waals surface area contributed by atoms with Gasteiger partial charge in [0, 0.05) is 11.6 Å². The van der Waals surface area contributed by atoms with Crippen LogP contribution in [0.25, 0.3) is 0 Å². The Morgan fingerprint density at radius 2 is 2.39 bits per heavy atom. The molecule has 1 aliphatic rings. The summed E-state index contributed by atoms with van der Waals surface area (Å²) in [5.74, 6) is -0.410. The number of carbonyl (C=O) groups excluding carboxylic acids is 1. The number of likely N-dealkylation sites (tertiary alicyclic amines) is 1. The van der Waals surface area contributed by atoms with Crippen LogP contribution in [0.2, 0.25) is 0 Å². The third kappa shape index (κ3) is 3.42. The Labute approximate surface area is 106 Å². The minimum absolute atomic E-state index is 0.301. The number of halogens is 3. The molecule has 1 saturated heterocycles. The fourth-order valence-electron chi connectivity index (χ4n) is 2.02. The van der Waals surface area contributed by atoms with E-state index in [0.717, 1.165) is 0 Å². The average molecular weight is 279 g/mol. The lowest BCUT2D eigenvalue weighted by Gasteiger charge is -2.24. The van der Waals surface area contributed by atoms with Crippen molar-refractivity contribution in [3.05, 3.63) is 11.6 Å². The smallest absolute Gasteiger partial charge is 0.301 e. The molecule has 0 saturated carbocycles. The molecule has 4 nitrogen and oxygen atoms in total. The van der Waals surface area contributed by atoms with E-state index in [2.05, 4.69) is 10.3 Å². The number of rotatable bonds is 3. The first kappa shape index (κ1) is 13.3. The SMILES string of the molecule is O=C(Nc1nccs1)C1CCCN1CC(F)(F)F. The monoisotopic (exact) mass is 279 g/mol. The Balaban J connectivity index is 1.96. The zero-order valence-electron chi connectivity index (χ0n) is 9.41. The second kappa shape index (κ2) is 5.23. The maximum atomic E-state index is 12.3. The summed E-state index contributed by atoms with van der Waals surface area (Å²) >= 11 is 1.24. The summed E-state index contributed by atoms with van der Waals surface area (Å²) in [5.41, 5.74) is 0. The Bertz CT molecular complexity index is 407. The predicted octanol–water partition coefficient (Wildman–Crippen LogP) is 2.11. The van der Waals surface area contributed by atoms with Crippen LogP contribution in [0, 0.1) is 0 Å². The molecule has 0 aromatic carbocycles. The molecule has 8 heteroatoms. The van der Waals surface area contributed by atoms with Gasteiger partial charge in [0.1, 0.15) is 0 Å². The van der Waals surface area contributed by atoms with E-state index in [0.29, 0.717) is 24.5 Å². The van der Waals surface area contributed by atoms with Crippen molar-refractivity contribution in [3.63, 3.8) is 0 Å². The number of aromatic nitrogens is 1. The number of nitrogens with zero attached hydrogens (tertiary/aromatic N) is 2. The highest BCUT2D eigenvalue weighted by molar-refractivity contribution is 7.13. The van der Waals surface area contributed by atoms with E-state index in [1.807, 2.05) is 0 Å². The summed E-state index contributed by atoms with van der Waals surface area (Å²) in [5, 5.41) is 4.65. The van der Waals surface area contributed by atoms with Gasteiger partial charge in [0.15, 0.2) is 5.13 Å². The van der Waals surface area contributed by atoms with Gasteiger partial charge in [-0.05, 0) is 19.4 Å². The molecule has 1 aliphatic heterocycles. The van der Waals surface area contributed by atoms with Gasteiger partial charge in [0.25, 0.3) is 0 Å². The van der Waals surface area contributed by atoms with Gasteiger partial charge in [-0.25, -0.2) is 4.98 Å². The molecule has 1 N–H and O–H groups in total. The van der Waals surface area contributed by atoms with Crippen molar-refractivity contribution in [3.8, 4) is 0 Å². The number of nitrogens with one attached hydrogen (secondary N) is 1. The highest BCUT2D eigenvalue weighted by atomic mass is 32.1. The molecule has 2 rings (SSSR count). The van der Waals surface area contributed by atoms with Crippen molar-refractivity contribution in [1.82, 2.24) is 9.88 Å². The Kier molecular flexibility index (Phi) is 3.86. The quantitative estimate of drug-likeness (QED) is 0.921. The van der Waals surface area contributed by atoms with E-state index in [4.69, 9.17) is 0 Å². The molecule has 1 aromatic rings. The normalized spacial score (nSPS) is 21.2. The van der Waals surface area contributed by atoms with Crippen molar-refractivity contribution in [2.75, 3.05) is 18.4 Å². The van der Waals surface area contributed by atoms with Crippen LogP contribution in [0.3, 0.4) is 0 Å². The third-order valence-corrected chi connectivity index (χ3v) is 3.40. The molecule has 1 amide bonds. The fraction of sp³-hybridized carbons (Fsp3) is 0.600. The molecule has 1 aromatic heterocycles. The average Bonchev–Trinajstić information content (AvgIpc) is 2.86. The number of hydrogen-bond donors (Lipinski definition) is 1. The Hall–Kier alpha value is -1.15. The third-order valence-electron chi connectivity index (χ3n) is 2.71. The minimum atomic E-state index is -4.27. The number of thiazole rings is 1. The number of amides is 1. The molecular formula is C10H12F3N3OS. The topological polar surface area (TPSA) is 45.2 Å². The van der Waals surface area contributed by atoms with Crippen LogP contribution >= 0.6 is 11.3 Å². The maximum Gasteiger partial charge on any atom is 0.401 e. The first-order valence-electron chi connectivity index (χ1n) is 5.47. The zero-order valence-corrected chi connectivity index (χ0v) is 10.2. The van der Waals surface area contributed by atoms with Gasteiger partial charge in [-0.1, -0.05) is 0 Å². The van der Waals surface area contributed by atoms with Crippen LogP contribution in [0.4, 0.5) is 18.3 Å². The summed E-state index contributed by atoms with van der Waals surface area (Å²) in [6.07, 6.45) is -1.69. The van der Waals surface area contributed by atoms with Crippen LogP contribution in [0.1, 0.15) is 12.8 Å². The van der Waals surface area contributed by atoms with E-state index >= 15 is 0 Å². The number of hydrogen-bond acceptors (Lipinski definition) is 4. The summed E-state index contributed by atoms with van der Waals surface area (Å²) in [6, 6.07) is -0.712. The number of alkyl halides is 3. The van der Waals surface area contributed by atoms with Crippen molar-refractivity contribution < 1.29 is 18.0 Å². The van der Waals surface area contributed by atoms with E-state index in [9.17, 15) is 18.0 Å². The lowest BCUT2D eigenvalue weighted by Crippen LogP contribution is -2.44. The summed E-state index contributed by atoms with van der Waals surface area (Å²) < 4.78 is 37.0. The largest absolute Gasteiger partial charge is 0.401 e. The molecule has 0 spiro atoms. The van der Waals surface area contributed by atoms with E-state index in [1.54, 1.807) is 5.38 Å². The van der Waals surface area contributed by atoms with Crippen molar-refractivity contribution in [2.45, 2.75) is 25.1 Å². The summed E-state index contributed by atoms with van der Waals surface area (Å²) in [6.45, 7) is -0.738. The molecule has 1 unspecified atom stereocenters. The first-order valence-corrected chi connectivity index (χ1v) is 6.35. The van der Waals surface area contributed by atoms with Gasteiger partial charge in [-0.2, -0.15) is 13.2 Å². The molecule has 100 valence electrons. The van der Waals surface area contributed by atoms with Crippen molar-refractivity contribution in [2.24, 2.45) is 0 Å². The Morgan fingerprint density at radius 1 is 1.61 bits per heavy atom. The summed E-state index contributed by atoms with van der Waals surface area (Å²) in [7, 11) is 0. The fourth-order valence-corrected chi connectivity index (χ4v) is 2.55. The molecule has 0 radical (unpaired) electrons. The molecular weight excluding hydrogens is 267 g/mol. The van der Waals surface area contributed by atoms with Crippen molar-refractivity contribution >= 4 is 22.4 Å². The molecule has 1 fully saturated rings. The molecule has 0 aliphatic carbocycles. The van der Waals surface area contributed by atoms with Crippen LogP contribution in [-0.2, 0) is 4.79 Å². The van der Waals surface area contributed by atoms with Gasteiger partial charge in [-0.15, -0.1) is 11.3 Å². The van der Waals surface area contributed by atoms with Gasteiger partial charge < -0.3 is 5.32 Å². The minimum Gasteiger partial charge on any atom is -0.301 e. The van der Waals surface area contributed by atoms with Gasteiger partial charge >= 0.3 is 6.18 Å². The van der Waals surface area contributed by atoms with E-state index < -0.39 is 24.7 Å². The molecule has 0 bridgehead atoms. The lowest BCUT2D eigenvalue weighted by atomic mass is 10.2. The molecule has 18 heavy (non-hydrogen) atoms. The predicted molar refractivity (Wildman–Crippen MR) is 61.4 cm³/mol. The van der Waals surface area contributed by atoms with E-state index in [1.165, 1.54) is 22.4 Å². The van der Waals surface area contributed by atoms with E-state index in [-0.39, 0.29) is 0 Å². The standard InChI is InChI=1S/C10H12F3N3OS/c11-10(12,13)6-16-4-1-2-7(16)8(17)15-9-14-3-5-18-9/h3,5,7H,1-2,4,6H2,(H,14,15,17). The number of carbonyl (C=O) groups is 1. The lowest BCUT2D eigenvalue weighted by molar-refractivity contribution is -0.150. The van der Waals surface area contributed by atoms with Gasteiger partial charge in [-0.3, -0.25) is 9.69 Å². The van der Waals surface area contributed by atoms with Gasteiger partial charge in [0.05, 0.1) is 12.6 Å². The van der Waals surface area contributed by atoms with Crippen LogP contribution < -0.4 is 5.32 Å².